The van der Waals surface area contributed by atoms with Crippen LogP contribution in [-0.2, 0) is 19.6 Å². The maximum Gasteiger partial charge on any atom is 0.322 e. The van der Waals surface area contributed by atoms with Crippen LogP contribution in [0.3, 0.4) is 0 Å². The summed E-state index contributed by atoms with van der Waals surface area (Å²) in [6.45, 7) is -2.77. The van der Waals surface area contributed by atoms with Gasteiger partial charge in [-0.05, 0) is 0 Å². The summed E-state index contributed by atoms with van der Waals surface area (Å²) in [7, 11) is -2.94. The Kier molecular flexibility index (Phi) is 6.34. The number of nitrogens with zero attached hydrogens (tertiary/aromatic N) is 1. The Labute approximate surface area is 87.1 Å². The maximum atomic E-state index is 12.0. The van der Waals surface area contributed by atoms with Gasteiger partial charge >= 0.3 is 5.97 Å². The van der Waals surface area contributed by atoms with Crippen molar-refractivity contribution in [2.45, 2.75) is 0 Å². The molecule has 0 radical (unpaired) electrons. The molecule has 0 aromatic heterocycles. The van der Waals surface area contributed by atoms with Gasteiger partial charge in [-0.2, -0.15) is 4.31 Å². The van der Waals surface area contributed by atoms with Crippen LogP contribution in [0.1, 0.15) is 0 Å². The van der Waals surface area contributed by atoms with Gasteiger partial charge in [-0.25, -0.2) is 17.2 Å². The SMILES string of the molecule is COC(=O)CS(=O)(=O)N(CCF)CCF. The highest BCUT2D eigenvalue weighted by atomic mass is 32.2. The zero-order valence-electron chi connectivity index (χ0n) is 8.28. The summed E-state index contributed by atoms with van der Waals surface area (Å²) in [6, 6.07) is 0. The number of ether oxygens (including phenoxy) is 1. The minimum absolute atomic E-state index is 0.455. The monoisotopic (exact) mass is 245 g/mol. The molecule has 0 aliphatic rings. The molecule has 0 bridgehead atoms. The summed E-state index contributed by atoms with van der Waals surface area (Å²) in [4.78, 5) is 10.7. The quantitative estimate of drug-likeness (QED) is 0.579. The minimum Gasteiger partial charge on any atom is -0.468 e. The molecule has 0 amide bonds. The predicted molar refractivity (Wildman–Crippen MR) is 49.3 cm³/mol. The van der Waals surface area contributed by atoms with Gasteiger partial charge in [0.15, 0.2) is 5.75 Å². The van der Waals surface area contributed by atoms with Crippen LogP contribution in [0.4, 0.5) is 8.78 Å². The lowest BCUT2D eigenvalue weighted by molar-refractivity contribution is -0.137. The van der Waals surface area contributed by atoms with Crippen LogP contribution in [0, 0.1) is 0 Å². The number of rotatable bonds is 7. The second-order valence-corrected chi connectivity index (χ2v) is 4.58. The highest BCUT2D eigenvalue weighted by molar-refractivity contribution is 7.89. The lowest BCUT2D eigenvalue weighted by Crippen LogP contribution is -2.38. The van der Waals surface area contributed by atoms with E-state index in [0.29, 0.717) is 4.31 Å². The molecule has 90 valence electrons. The van der Waals surface area contributed by atoms with Crippen molar-refractivity contribution in [3.8, 4) is 0 Å². The molecule has 15 heavy (non-hydrogen) atoms. The zero-order valence-corrected chi connectivity index (χ0v) is 9.10. The van der Waals surface area contributed by atoms with E-state index in [0.717, 1.165) is 7.11 Å². The molecule has 0 N–H and O–H groups in total. The fourth-order valence-corrected chi connectivity index (χ4v) is 2.17. The molecule has 5 nitrogen and oxygen atoms in total. The number of halogens is 2. The highest BCUT2D eigenvalue weighted by Gasteiger charge is 2.25. The predicted octanol–water partition coefficient (Wildman–Crippen LogP) is -0.270. The highest BCUT2D eigenvalue weighted by Crippen LogP contribution is 2.02. The molecule has 0 unspecified atom stereocenters. The van der Waals surface area contributed by atoms with Gasteiger partial charge in [0.1, 0.15) is 13.3 Å². The van der Waals surface area contributed by atoms with Gasteiger partial charge in [0.2, 0.25) is 10.0 Å². The third-order valence-electron chi connectivity index (χ3n) is 1.59. The van der Waals surface area contributed by atoms with Crippen molar-refractivity contribution >= 4 is 16.0 Å². The Morgan fingerprint density at radius 1 is 1.27 bits per heavy atom. The Bertz CT molecular complexity index is 287. The molecule has 0 heterocycles. The molecule has 0 saturated carbocycles. The Balaban J connectivity index is 4.56. The summed E-state index contributed by atoms with van der Waals surface area (Å²) in [5, 5.41) is 0. The van der Waals surface area contributed by atoms with Gasteiger partial charge in [-0.3, -0.25) is 4.79 Å². The van der Waals surface area contributed by atoms with Crippen LogP contribution in [0.15, 0.2) is 0 Å². The Morgan fingerprint density at radius 2 is 1.73 bits per heavy atom. The third-order valence-corrected chi connectivity index (χ3v) is 3.34. The maximum absolute atomic E-state index is 12.0. The van der Waals surface area contributed by atoms with E-state index in [2.05, 4.69) is 4.74 Å². The van der Waals surface area contributed by atoms with Gasteiger partial charge in [0.05, 0.1) is 7.11 Å². The first-order valence-electron chi connectivity index (χ1n) is 4.14. The van der Waals surface area contributed by atoms with E-state index in [1.807, 2.05) is 0 Å². The first-order chi connectivity index (χ1) is 6.97. The van der Waals surface area contributed by atoms with Crippen molar-refractivity contribution < 1.29 is 26.7 Å². The molecule has 8 heteroatoms. The fraction of sp³-hybridized carbons (Fsp3) is 0.857. The van der Waals surface area contributed by atoms with Crippen molar-refractivity contribution in [1.82, 2.24) is 4.31 Å². The molecule has 0 aliphatic carbocycles. The van der Waals surface area contributed by atoms with Gasteiger partial charge in [0, 0.05) is 13.1 Å². The lowest BCUT2D eigenvalue weighted by atomic mass is 10.6. The molecule has 0 aliphatic heterocycles. The first kappa shape index (κ1) is 14.2. The summed E-state index contributed by atoms with van der Waals surface area (Å²) in [5.74, 6) is -1.86. The summed E-state index contributed by atoms with van der Waals surface area (Å²) in [5.41, 5.74) is 0. The van der Waals surface area contributed by atoms with E-state index >= 15 is 0 Å². The number of carbonyl (C=O) groups is 1. The van der Waals surface area contributed by atoms with Gasteiger partial charge in [-0.1, -0.05) is 0 Å². The van der Waals surface area contributed by atoms with E-state index in [-0.39, 0.29) is 0 Å². The smallest absolute Gasteiger partial charge is 0.322 e. The molecule has 0 fully saturated rings. The van der Waals surface area contributed by atoms with E-state index < -0.39 is 48.2 Å². The van der Waals surface area contributed by atoms with E-state index in [1.54, 1.807) is 0 Å². The molecular weight excluding hydrogens is 232 g/mol. The van der Waals surface area contributed by atoms with Gasteiger partial charge in [-0.15, -0.1) is 0 Å². The second-order valence-electron chi connectivity index (χ2n) is 2.61. The van der Waals surface area contributed by atoms with Crippen LogP contribution < -0.4 is 0 Å². The number of hydrogen-bond acceptors (Lipinski definition) is 4. The van der Waals surface area contributed by atoms with Crippen LogP contribution in [0.2, 0.25) is 0 Å². The third kappa shape index (κ3) is 5.03. The van der Waals surface area contributed by atoms with E-state index in [4.69, 9.17) is 0 Å². The van der Waals surface area contributed by atoms with Crippen molar-refractivity contribution in [3.05, 3.63) is 0 Å². The van der Waals surface area contributed by atoms with Crippen LogP contribution in [0.25, 0.3) is 0 Å². The van der Waals surface area contributed by atoms with Crippen molar-refractivity contribution in [2.75, 3.05) is 39.3 Å². The molecule has 0 aromatic carbocycles. The van der Waals surface area contributed by atoms with E-state index in [1.165, 1.54) is 0 Å². The molecular formula is C7H13F2NO4S. The number of esters is 1. The standard InChI is InChI=1S/C7H13F2NO4S/c1-14-7(11)6-15(12,13)10(4-2-8)5-3-9/h2-6H2,1H3. The van der Waals surface area contributed by atoms with Gasteiger partial charge < -0.3 is 4.74 Å². The minimum atomic E-state index is -3.98. The fourth-order valence-electron chi connectivity index (χ4n) is 0.878. The summed E-state index contributed by atoms with van der Waals surface area (Å²) >= 11 is 0. The summed E-state index contributed by atoms with van der Waals surface area (Å²) < 4.78 is 51.4. The number of carbonyl (C=O) groups excluding carboxylic acids is 1. The Morgan fingerprint density at radius 3 is 2.07 bits per heavy atom. The van der Waals surface area contributed by atoms with Gasteiger partial charge in [0.25, 0.3) is 0 Å². The average molecular weight is 245 g/mol. The average Bonchev–Trinajstić information content (AvgIpc) is 2.16. The van der Waals surface area contributed by atoms with Crippen molar-refractivity contribution in [3.63, 3.8) is 0 Å². The molecule has 0 spiro atoms. The molecule has 0 saturated heterocycles. The number of alkyl halides is 2. The molecule has 0 aromatic rings. The largest absolute Gasteiger partial charge is 0.468 e. The molecule has 0 rings (SSSR count). The molecule has 0 atom stereocenters. The second kappa shape index (κ2) is 6.67. The number of sulfonamides is 1. The first-order valence-corrected chi connectivity index (χ1v) is 5.75. The topological polar surface area (TPSA) is 63.7 Å². The summed E-state index contributed by atoms with van der Waals surface area (Å²) in [6.07, 6.45) is 0. The number of hydrogen-bond donors (Lipinski definition) is 0. The van der Waals surface area contributed by atoms with Crippen LogP contribution in [-0.4, -0.2) is 58.0 Å². The van der Waals surface area contributed by atoms with Crippen LogP contribution >= 0.6 is 0 Å². The van der Waals surface area contributed by atoms with Crippen molar-refractivity contribution in [1.29, 1.82) is 0 Å². The van der Waals surface area contributed by atoms with Crippen molar-refractivity contribution in [2.24, 2.45) is 0 Å². The Hall–Kier alpha value is -0.760. The zero-order chi connectivity index (χ0) is 11.9. The van der Waals surface area contributed by atoms with Crippen LogP contribution in [0.5, 0.6) is 0 Å². The number of methoxy groups -OCH3 is 1. The lowest BCUT2D eigenvalue weighted by Gasteiger charge is -2.18. The van der Waals surface area contributed by atoms with E-state index in [9.17, 15) is 22.0 Å². The normalized spacial score (nSPS) is 11.7.